The van der Waals surface area contributed by atoms with E-state index in [1.807, 2.05) is 0 Å². The first-order valence-corrected chi connectivity index (χ1v) is 32.7. The fourth-order valence-electron chi connectivity index (χ4n) is 7.25. The summed E-state index contributed by atoms with van der Waals surface area (Å²) in [6, 6.07) is 5.66. The first-order chi connectivity index (χ1) is 37.9. The van der Waals surface area contributed by atoms with Crippen molar-refractivity contribution < 1.29 is 109 Å². The largest absolute Gasteiger partial charge is 0.351 e. The van der Waals surface area contributed by atoms with Gasteiger partial charge in [0.2, 0.25) is 32.8 Å². The number of carbonyl (C=O) groups is 2. The molecule has 0 spiro atoms. The summed E-state index contributed by atoms with van der Waals surface area (Å²) in [7, 11) is -43.5. The molecule has 83 heavy (non-hydrogen) atoms. The zero-order chi connectivity index (χ0) is 62.1. The van der Waals surface area contributed by atoms with Gasteiger partial charge in [0.25, 0.3) is 70.8 Å². The van der Waals surface area contributed by atoms with Gasteiger partial charge in [0.15, 0.2) is 5.71 Å². The Bertz CT molecular complexity index is 4990. The van der Waals surface area contributed by atoms with Crippen LogP contribution in [0.1, 0.15) is 15.9 Å². The number of halogens is 1. The summed E-state index contributed by atoms with van der Waals surface area (Å²) in [5.41, 5.74) is 0.0183. The number of benzene rings is 5. The number of nitrogens with one attached hydrogen (secondary N) is 4. The maximum absolute atomic E-state index is 14.0. The molecule has 440 valence electrons. The number of rotatable bonds is 18. The lowest BCUT2D eigenvalue weighted by Crippen LogP contribution is -2.28. The summed E-state index contributed by atoms with van der Waals surface area (Å²) >= 11 is 6.13. The molecule has 2 amide bonds. The van der Waals surface area contributed by atoms with Gasteiger partial charge in [0.05, 0.1) is 26.9 Å². The third kappa shape index (κ3) is 13.8. The molecular weight excluding hydrogens is 1300 g/mol. The molecule has 0 aliphatic heterocycles. The normalized spacial score (nSPS) is 14.3. The van der Waals surface area contributed by atoms with E-state index in [0.717, 1.165) is 30.3 Å². The van der Waals surface area contributed by atoms with Gasteiger partial charge in [-0.1, -0.05) is 6.58 Å². The molecule has 0 unspecified atom stereocenters. The number of sulfone groups is 1. The minimum Gasteiger partial charge on any atom is -0.351 e. The van der Waals surface area contributed by atoms with E-state index in [-0.39, 0.29) is 40.7 Å². The van der Waals surface area contributed by atoms with Crippen molar-refractivity contribution in [3.8, 4) is 0 Å². The lowest BCUT2D eigenvalue weighted by molar-refractivity contribution is 0.106. The minimum absolute atomic E-state index is 0.0696. The molecular formula is C38H28ClN11O25S8. The Hall–Kier alpha value is -7.93. The topological polar surface area (TPSA) is 599 Å². The first-order valence-electron chi connectivity index (χ1n) is 20.7. The molecule has 7 rings (SSSR count). The zero-order valence-electron chi connectivity index (χ0n) is 39.6. The fraction of sp³-hybridized carbons (Fsp3) is 0. The van der Waals surface area contributed by atoms with Gasteiger partial charge in [-0.05, 0) is 89.8 Å². The third-order valence-electron chi connectivity index (χ3n) is 10.6. The maximum Gasteiger partial charge on any atom is 0.316 e. The molecule has 1 aliphatic carbocycles. The zero-order valence-corrected chi connectivity index (χ0v) is 46.9. The van der Waals surface area contributed by atoms with Gasteiger partial charge < -0.3 is 21.7 Å². The number of carbonyl (C=O) groups excluding carboxylic acids is 2. The van der Waals surface area contributed by atoms with Crippen molar-refractivity contribution in [2.45, 2.75) is 34.3 Å². The Balaban J connectivity index is 1.26. The molecule has 0 fully saturated rings. The number of amides is 2. The van der Waals surface area contributed by atoms with Crippen LogP contribution in [0.15, 0.2) is 133 Å². The van der Waals surface area contributed by atoms with Gasteiger partial charge in [0.1, 0.15) is 40.8 Å². The highest BCUT2D eigenvalue weighted by atomic mass is 35.5. The number of nitrogens with zero attached hydrogens (tertiary/aromatic N) is 6. The number of azo groups is 1. The van der Waals surface area contributed by atoms with E-state index in [2.05, 4.69) is 52.8 Å². The molecule has 0 saturated heterocycles. The number of Topliss-reactive ketones (excluding diaryl/α,β-unsaturated/α-hetero) is 1. The number of hydrogen-bond acceptors (Lipinski definition) is 27. The van der Waals surface area contributed by atoms with Crippen LogP contribution in [0.25, 0.3) is 16.8 Å². The second-order valence-corrected chi connectivity index (χ2v) is 28.0. The number of primary amides is 1. The number of aromatic nitrogens is 3. The molecule has 36 nitrogen and oxygen atoms in total. The second kappa shape index (κ2) is 21.7. The van der Waals surface area contributed by atoms with E-state index in [9.17, 15) is 109 Å². The van der Waals surface area contributed by atoms with E-state index in [1.54, 1.807) is 5.43 Å². The lowest BCUT2D eigenvalue weighted by Gasteiger charge is -2.20. The number of fused-ring (bicyclic) bond motifs is 2. The molecule has 1 aliphatic rings. The molecule has 1 aromatic heterocycles. The van der Waals surface area contributed by atoms with Crippen LogP contribution < -0.4 is 27.1 Å². The quantitative estimate of drug-likeness (QED) is 0.0333. The van der Waals surface area contributed by atoms with Crippen LogP contribution in [0.5, 0.6) is 0 Å². The van der Waals surface area contributed by atoms with Gasteiger partial charge in [-0.2, -0.15) is 79.0 Å². The van der Waals surface area contributed by atoms with Crippen molar-refractivity contribution in [2.75, 3.05) is 21.4 Å². The Labute approximate surface area is 470 Å². The molecule has 6 aromatic rings. The van der Waals surface area contributed by atoms with Crippen LogP contribution in [-0.2, 0) is 80.7 Å². The summed E-state index contributed by atoms with van der Waals surface area (Å²) < 4.78 is 269. The van der Waals surface area contributed by atoms with E-state index in [0.29, 0.717) is 24.3 Å². The number of hydrazone groups is 1. The Morgan fingerprint density at radius 3 is 1.71 bits per heavy atom. The van der Waals surface area contributed by atoms with E-state index < -0.39 is 194 Å². The number of nitrogens with two attached hydrogens (primary N) is 1. The third-order valence-corrected chi connectivity index (χ3v) is 18.5. The highest BCUT2D eigenvalue weighted by molar-refractivity contribution is 7.95. The summed E-state index contributed by atoms with van der Waals surface area (Å²) in [4.78, 5) is 26.7. The van der Waals surface area contributed by atoms with Crippen LogP contribution in [0.4, 0.5) is 50.8 Å². The van der Waals surface area contributed by atoms with Gasteiger partial charge in [-0.3, -0.25) is 42.1 Å². The Morgan fingerprint density at radius 1 is 0.578 bits per heavy atom. The summed E-state index contributed by atoms with van der Waals surface area (Å²) in [6.07, 6.45) is 0.257. The molecule has 5 aromatic carbocycles. The standard InChI is InChI=1S/C38H28ClN11O25S8/c1-2-76(53,54)29-13-25(28(80(64,65)66)14-30(29)81(67,68)69)49-50-32-31(82(70,71)72)12-20-18(33(32)51)4-6-22(34(20)83(73,74)75)43-38-45-35(39)44-37(46-38)41-16-3-5-21(23(9-16)42-36(40)52)47-48-24-11-19-15(8-27(24)79(61,62)63)7-17(77(55,56)57)10-26(19)78(58,59)60/h2-14,49H,1H2,(H3,40,42,52)(H,55,56,57)(H,58,59,60)(H,61,62,63)(H,64,65,66)(H,67,68,69)(H,70,71,72)(H,73,74,75)(H2,41,43,44,45,46)/b48-47?,50-32-. The second-order valence-electron chi connectivity index (χ2n) is 16.0. The Kier molecular flexibility index (Phi) is 16.4. The van der Waals surface area contributed by atoms with Crippen molar-refractivity contribution in [2.24, 2.45) is 21.1 Å². The van der Waals surface area contributed by atoms with Crippen LogP contribution in [0.2, 0.25) is 5.28 Å². The van der Waals surface area contributed by atoms with Crippen molar-refractivity contribution in [1.29, 1.82) is 0 Å². The molecule has 1 heterocycles. The molecule has 0 radical (unpaired) electrons. The molecule has 0 atom stereocenters. The average Bonchev–Trinajstić information content (AvgIpc) is 1.08. The number of anilines is 6. The highest BCUT2D eigenvalue weighted by Crippen LogP contribution is 2.40. The number of allylic oxidation sites excluding steroid dienone is 1. The smallest absolute Gasteiger partial charge is 0.316 e. The van der Waals surface area contributed by atoms with Gasteiger partial charge in [-0.15, -0.1) is 10.2 Å². The van der Waals surface area contributed by atoms with Crippen LogP contribution >= 0.6 is 11.6 Å². The number of urea groups is 1. The van der Waals surface area contributed by atoms with E-state index >= 15 is 0 Å². The SMILES string of the molecule is C=CS(=O)(=O)c1cc(N/N=C2\C(=O)c3ccc(Nc4nc(Cl)nc(Nc5ccc(N=Nc6cc7c(S(=O)(=O)O)cc(S(=O)(=O)O)cc7cc6S(=O)(=O)O)c(NC(N)=O)c5)n4)c(S(=O)(=O)O)c3C=C2S(=O)(=O)O)c(S(=O)(=O)O)cc1S(=O)(=O)O. The minimum atomic E-state index is -5.78. The van der Waals surface area contributed by atoms with Crippen molar-refractivity contribution in [1.82, 2.24) is 15.0 Å². The summed E-state index contributed by atoms with van der Waals surface area (Å²) in [6.45, 7) is 2.97. The highest BCUT2D eigenvalue weighted by Gasteiger charge is 2.38. The van der Waals surface area contributed by atoms with Crippen molar-refractivity contribution in [3.05, 3.63) is 100 Å². The van der Waals surface area contributed by atoms with Gasteiger partial charge in [-0.25, -0.2) is 13.2 Å². The van der Waals surface area contributed by atoms with Gasteiger partial charge in [0, 0.05) is 27.6 Å². The molecule has 0 saturated carbocycles. The summed E-state index contributed by atoms with van der Waals surface area (Å²) in [5.74, 6) is -2.91. The fourth-order valence-corrected chi connectivity index (χ4v) is 13.7. The van der Waals surface area contributed by atoms with Crippen molar-refractivity contribution in [3.63, 3.8) is 0 Å². The molecule has 45 heteroatoms. The Morgan fingerprint density at radius 2 is 1.17 bits per heavy atom. The van der Waals surface area contributed by atoms with Gasteiger partial charge >= 0.3 is 6.03 Å². The van der Waals surface area contributed by atoms with E-state index in [1.165, 1.54) is 0 Å². The van der Waals surface area contributed by atoms with Crippen LogP contribution in [0.3, 0.4) is 0 Å². The molecule has 13 N–H and O–H groups in total. The number of hydrogen-bond donors (Lipinski definition) is 12. The molecule has 0 bridgehead atoms. The predicted octanol–water partition coefficient (Wildman–Crippen LogP) is 3.36. The summed E-state index contributed by atoms with van der Waals surface area (Å²) in [5, 5.41) is 16.4. The first kappa shape index (κ1) is 62.7. The van der Waals surface area contributed by atoms with Crippen molar-refractivity contribution >= 4 is 173 Å². The number of ketones is 1. The predicted molar refractivity (Wildman–Crippen MR) is 283 cm³/mol. The van der Waals surface area contributed by atoms with Crippen LogP contribution in [0, 0.1) is 0 Å². The van der Waals surface area contributed by atoms with E-state index in [4.69, 9.17) is 17.3 Å². The average molecular weight is 1330 g/mol. The maximum atomic E-state index is 14.0. The monoisotopic (exact) mass is 1330 g/mol. The van der Waals surface area contributed by atoms with Crippen LogP contribution in [-0.4, -0.2) is 132 Å². The lowest BCUT2D eigenvalue weighted by atomic mass is 9.94.